The van der Waals surface area contributed by atoms with E-state index in [4.69, 9.17) is 51.2 Å². The molecule has 0 saturated carbocycles. The summed E-state index contributed by atoms with van der Waals surface area (Å²) in [4.78, 5) is 74.4. The van der Waals surface area contributed by atoms with Gasteiger partial charge in [0.1, 0.15) is 10.8 Å². The third kappa shape index (κ3) is 19.1. The van der Waals surface area contributed by atoms with Crippen molar-refractivity contribution in [2.24, 2.45) is 0 Å². The second kappa shape index (κ2) is 23.5. The average Bonchev–Trinajstić information content (AvgIpc) is 3.22. The molecule has 360 valence electrons. The fourth-order valence-corrected chi connectivity index (χ4v) is 4.68. The number of aryl methyl sites for hydroxylation is 2. The smallest absolute Gasteiger partial charge is 0.475 e. The SMILES string of the molecule is O=C(Nc1ccc2cc1CCc1cncc(c1)Nc1ncc(Cl)c(n1)N2)N1CCN(c2cnccn2)CC1.O=C(O)C(F)(F)F.O=C(O)C(F)(F)F.O=C(O)C(F)(F)F.O=C(O)C(F)(F)F. The first-order valence-electron chi connectivity index (χ1n) is 17.3. The van der Waals surface area contributed by atoms with Crippen LogP contribution in [0.25, 0.3) is 0 Å². The largest absolute Gasteiger partial charge is 0.490 e. The molecule has 2 amide bonds. The van der Waals surface area contributed by atoms with E-state index in [9.17, 15) is 57.5 Å². The van der Waals surface area contributed by atoms with Crippen LogP contribution in [0.2, 0.25) is 5.02 Å². The maximum Gasteiger partial charge on any atom is 0.490 e. The van der Waals surface area contributed by atoms with Crippen LogP contribution in [0, 0.1) is 0 Å². The predicted molar refractivity (Wildman–Crippen MR) is 201 cm³/mol. The van der Waals surface area contributed by atoms with Crippen molar-refractivity contribution < 1.29 is 97.1 Å². The molecule has 5 heterocycles. The summed E-state index contributed by atoms with van der Waals surface area (Å²) in [6.45, 7) is 2.58. The van der Waals surface area contributed by atoms with Crippen molar-refractivity contribution in [3.8, 4) is 0 Å². The number of alkyl halides is 12. The van der Waals surface area contributed by atoms with Gasteiger partial charge in [0.25, 0.3) is 0 Å². The molecule has 2 aliphatic rings. The number of urea groups is 1. The van der Waals surface area contributed by atoms with Crippen molar-refractivity contribution in [1.82, 2.24) is 29.8 Å². The van der Waals surface area contributed by atoms with E-state index in [1.165, 1.54) is 0 Å². The zero-order valence-corrected chi connectivity index (χ0v) is 33.1. The number of aliphatic carboxylic acids is 4. The number of benzene rings is 1. The summed E-state index contributed by atoms with van der Waals surface area (Å²) >= 11 is 6.37. The molecule has 0 spiro atoms. The molecule has 0 radical (unpaired) electrons. The van der Waals surface area contributed by atoms with Crippen molar-refractivity contribution in [2.45, 2.75) is 37.5 Å². The topological polar surface area (TPSA) is 273 Å². The van der Waals surface area contributed by atoms with E-state index < -0.39 is 48.6 Å². The van der Waals surface area contributed by atoms with Crippen LogP contribution in [0.1, 0.15) is 11.1 Å². The van der Waals surface area contributed by atoms with E-state index in [1.807, 2.05) is 35.4 Å². The van der Waals surface area contributed by atoms with E-state index >= 15 is 0 Å². The van der Waals surface area contributed by atoms with Crippen LogP contribution in [0.4, 0.5) is 92.1 Å². The molecule has 6 bridgehead atoms. The molecule has 4 aromatic rings. The number of hydrogen-bond donors (Lipinski definition) is 7. The molecule has 66 heavy (non-hydrogen) atoms. The Balaban J connectivity index is 0.000000434. The molecule has 1 fully saturated rings. The number of pyridine rings is 1. The zero-order chi connectivity index (χ0) is 50.2. The summed E-state index contributed by atoms with van der Waals surface area (Å²) in [6.07, 6.45) is -8.69. The maximum absolute atomic E-state index is 13.2. The number of nitrogens with zero attached hydrogens (tertiary/aromatic N) is 7. The van der Waals surface area contributed by atoms with Crippen LogP contribution in [-0.2, 0) is 32.0 Å². The van der Waals surface area contributed by atoms with Crippen molar-refractivity contribution in [3.63, 3.8) is 0 Å². The molecule has 19 nitrogen and oxygen atoms in total. The first-order chi connectivity index (χ1) is 30.4. The van der Waals surface area contributed by atoms with Crippen LogP contribution in [-0.4, -0.2) is 131 Å². The third-order valence-electron chi connectivity index (χ3n) is 7.50. The minimum atomic E-state index is -5.08. The van der Waals surface area contributed by atoms with Crippen LogP contribution in [0.3, 0.4) is 0 Å². The number of carboxylic acids is 4. The molecule has 3 aromatic heterocycles. The predicted octanol–water partition coefficient (Wildman–Crippen LogP) is 6.79. The number of halogens is 13. The summed E-state index contributed by atoms with van der Waals surface area (Å²) in [5.41, 5.74) is 4.41. The zero-order valence-electron chi connectivity index (χ0n) is 32.4. The Kier molecular flexibility index (Phi) is 19.4. The molecule has 0 unspecified atom stereocenters. The van der Waals surface area contributed by atoms with Crippen LogP contribution in [0.15, 0.2) is 61.4 Å². The Morgan fingerprint density at radius 1 is 0.621 bits per heavy atom. The second-order valence-corrected chi connectivity index (χ2v) is 12.7. The molecule has 7 N–H and O–H groups in total. The lowest BCUT2D eigenvalue weighted by molar-refractivity contribution is -0.193. The van der Waals surface area contributed by atoms with Crippen molar-refractivity contribution in [3.05, 3.63) is 77.6 Å². The highest BCUT2D eigenvalue weighted by Crippen LogP contribution is 2.30. The highest BCUT2D eigenvalue weighted by atomic mass is 35.5. The van der Waals surface area contributed by atoms with Crippen molar-refractivity contribution in [1.29, 1.82) is 0 Å². The van der Waals surface area contributed by atoms with Gasteiger partial charge in [-0.25, -0.2) is 33.9 Å². The number of anilines is 6. The van der Waals surface area contributed by atoms with Gasteiger partial charge in [-0.05, 0) is 48.2 Å². The summed E-state index contributed by atoms with van der Waals surface area (Å²) in [6, 6.07) is 7.73. The Labute approximate surface area is 365 Å². The van der Waals surface area contributed by atoms with Gasteiger partial charge in [0.2, 0.25) is 5.95 Å². The molecule has 1 saturated heterocycles. The molecule has 6 rings (SSSR count). The van der Waals surface area contributed by atoms with Gasteiger partial charge in [0.05, 0.1) is 24.3 Å². The number of rotatable bonds is 2. The highest BCUT2D eigenvalue weighted by Gasteiger charge is 2.40. The first-order valence-corrected chi connectivity index (χ1v) is 17.7. The van der Waals surface area contributed by atoms with Crippen molar-refractivity contribution in [2.75, 3.05) is 47.0 Å². The van der Waals surface area contributed by atoms with Gasteiger partial charge >= 0.3 is 54.6 Å². The Hall–Kier alpha value is -7.47. The lowest BCUT2D eigenvalue weighted by Gasteiger charge is -2.35. The lowest BCUT2D eigenvalue weighted by atomic mass is 10.0. The molecule has 32 heteroatoms. The maximum atomic E-state index is 13.2. The van der Waals surface area contributed by atoms with E-state index in [1.54, 1.807) is 31.0 Å². The first kappa shape index (κ1) is 54.7. The number of hydrogen-bond acceptors (Lipinski definition) is 13. The molecule has 0 atom stereocenters. The highest BCUT2D eigenvalue weighted by molar-refractivity contribution is 6.32. The lowest BCUT2D eigenvalue weighted by Crippen LogP contribution is -2.50. The van der Waals surface area contributed by atoms with Crippen molar-refractivity contribution >= 4 is 76.2 Å². The Morgan fingerprint density at radius 3 is 1.64 bits per heavy atom. The van der Waals surface area contributed by atoms with E-state index in [0.29, 0.717) is 49.4 Å². The number of piperazine rings is 1. The molecule has 2 aliphatic heterocycles. The second-order valence-electron chi connectivity index (χ2n) is 12.3. The monoisotopic (exact) mass is 984 g/mol. The number of carbonyl (C=O) groups excluding carboxylic acids is 1. The average molecular weight is 985 g/mol. The minimum absolute atomic E-state index is 0.125. The van der Waals surface area contributed by atoms with Gasteiger partial charge < -0.3 is 46.2 Å². The molecule has 0 aliphatic carbocycles. The number of carboxylic acid groups (broad SMARTS) is 4. The molecular formula is C34H29ClF12N10O9. The van der Waals surface area contributed by atoms with Gasteiger partial charge in [-0.15, -0.1) is 0 Å². The fraction of sp³-hybridized carbons (Fsp3) is 0.294. The normalized spacial score (nSPS) is 13.3. The van der Waals surface area contributed by atoms with Gasteiger partial charge in [0, 0.05) is 56.1 Å². The third-order valence-corrected chi connectivity index (χ3v) is 7.77. The number of fused-ring (bicyclic) bond motifs is 6. The van der Waals surface area contributed by atoms with Gasteiger partial charge in [-0.3, -0.25) is 9.97 Å². The van der Waals surface area contributed by atoms with E-state index in [-0.39, 0.29) is 6.03 Å². The van der Waals surface area contributed by atoms with E-state index in [0.717, 1.165) is 40.4 Å². The van der Waals surface area contributed by atoms with Crippen LogP contribution < -0.4 is 20.9 Å². The van der Waals surface area contributed by atoms with Gasteiger partial charge in [0.15, 0.2) is 5.82 Å². The van der Waals surface area contributed by atoms with Gasteiger partial charge in [-0.1, -0.05) is 11.6 Å². The quantitative estimate of drug-likeness (QED) is 0.102. The minimum Gasteiger partial charge on any atom is -0.475 e. The summed E-state index contributed by atoms with van der Waals surface area (Å²) in [5, 5.41) is 38.5. The standard InChI is InChI=1S/C26H25ClN10O.4C2HF3O2/c27-21-15-31-25-33-20-11-17(13-29-14-20)1-2-18-12-19(32-24(21)35-25)3-4-22(18)34-26(38)37-9-7-36(8-10-37)23-16-28-5-6-30-23;4*3-2(4,5)1(6)7/h3-6,11-16H,1-2,7-10H2,(H,34,38)(H2,31,32,33,35);4*(H,6,7). The van der Waals surface area contributed by atoms with Crippen LogP contribution >= 0.6 is 11.6 Å². The number of nitrogens with one attached hydrogen (secondary N) is 3. The Bertz CT molecular complexity index is 2200. The van der Waals surface area contributed by atoms with E-state index in [2.05, 4.69) is 45.8 Å². The number of aromatic nitrogens is 5. The summed E-state index contributed by atoms with van der Waals surface area (Å²) in [5.74, 6) is -9.30. The fourth-order valence-electron chi connectivity index (χ4n) is 4.54. The van der Waals surface area contributed by atoms with Gasteiger partial charge in [-0.2, -0.15) is 57.7 Å². The summed E-state index contributed by atoms with van der Waals surface area (Å²) < 4.78 is 127. The molecular weight excluding hydrogens is 956 g/mol. The summed E-state index contributed by atoms with van der Waals surface area (Å²) in [7, 11) is 0. The Morgan fingerprint density at radius 2 is 1.15 bits per heavy atom. The number of carbonyl (C=O) groups is 5. The molecule has 1 aromatic carbocycles. The van der Waals surface area contributed by atoms with Crippen LogP contribution in [0.5, 0.6) is 0 Å². The number of amides is 2.